The van der Waals surface area contributed by atoms with Gasteiger partial charge in [-0.3, -0.25) is 4.79 Å². The molecule has 21 heavy (non-hydrogen) atoms. The molecule has 0 radical (unpaired) electrons. The van der Waals surface area contributed by atoms with Gasteiger partial charge in [0.2, 0.25) is 0 Å². The molecule has 0 bridgehead atoms. The zero-order valence-corrected chi connectivity index (χ0v) is 14.0. The van der Waals surface area contributed by atoms with Crippen molar-refractivity contribution in [3.05, 3.63) is 0 Å². The van der Waals surface area contributed by atoms with Gasteiger partial charge in [0.25, 0.3) is 0 Å². The highest BCUT2D eigenvalue weighted by atomic mass is 16.4. The Hall–Kier alpha value is -1.26. The van der Waals surface area contributed by atoms with Crippen LogP contribution in [0.25, 0.3) is 0 Å². The fraction of sp³-hybridized carbons (Fsp3) is 0.875. The molecule has 1 rings (SSSR count). The van der Waals surface area contributed by atoms with Crippen molar-refractivity contribution in [2.75, 3.05) is 0 Å². The van der Waals surface area contributed by atoms with Crippen molar-refractivity contribution in [2.24, 2.45) is 10.8 Å². The molecule has 2 amide bonds. The maximum absolute atomic E-state index is 12.1. The average Bonchev–Trinajstić information content (AvgIpc) is 2.53. The number of rotatable bonds is 5. The van der Waals surface area contributed by atoms with Crippen molar-refractivity contribution in [1.29, 1.82) is 0 Å². The van der Waals surface area contributed by atoms with E-state index in [2.05, 4.69) is 24.5 Å². The van der Waals surface area contributed by atoms with Crippen LogP contribution in [0.15, 0.2) is 0 Å². The first-order valence-electron chi connectivity index (χ1n) is 7.76. The third-order valence-electron chi connectivity index (χ3n) is 3.92. The van der Waals surface area contributed by atoms with Crippen LogP contribution >= 0.6 is 0 Å². The minimum atomic E-state index is -0.883. The van der Waals surface area contributed by atoms with Gasteiger partial charge in [0.1, 0.15) is 0 Å². The summed E-state index contributed by atoms with van der Waals surface area (Å²) in [6.45, 7) is 10.5. The molecule has 1 aliphatic carbocycles. The summed E-state index contributed by atoms with van der Waals surface area (Å²) < 4.78 is 0. The monoisotopic (exact) mass is 298 g/mol. The van der Waals surface area contributed by atoms with Crippen LogP contribution < -0.4 is 10.6 Å². The molecule has 3 N–H and O–H groups in total. The molecule has 1 aliphatic rings. The van der Waals surface area contributed by atoms with E-state index >= 15 is 0 Å². The first kappa shape index (κ1) is 17.8. The van der Waals surface area contributed by atoms with Crippen LogP contribution in [0.3, 0.4) is 0 Å². The summed E-state index contributed by atoms with van der Waals surface area (Å²) in [5.74, 6) is -0.883. The van der Waals surface area contributed by atoms with Crippen LogP contribution in [0.5, 0.6) is 0 Å². The number of amides is 2. The van der Waals surface area contributed by atoms with Crippen LogP contribution in [-0.4, -0.2) is 29.2 Å². The lowest BCUT2D eigenvalue weighted by molar-refractivity contribution is -0.137. The Morgan fingerprint density at radius 2 is 1.95 bits per heavy atom. The summed E-state index contributed by atoms with van der Waals surface area (Å²) in [5.41, 5.74) is 0.257. The van der Waals surface area contributed by atoms with E-state index in [1.165, 1.54) is 0 Å². The standard InChI is InChI=1S/C16H30N2O3/c1-15(2,3)9-12(8-13(19)20)18-14(21)17-11-6-7-16(4,5)10-11/h11-12H,6-10H2,1-5H3,(H,19,20)(H2,17,18,21). The van der Waals surface area contributed by atoms with Crippen LogP contribution in [0.2, 0.25) is 0 Å². The lowest BCUT2D eigenvalue weighted by Crippen LogP contribution is -2.47. The molecule has 0 saturated heterocycles. The molecule has 0 aromatic heterocycles. The highest BCUT2D eigenvalue weighted by Gasteiger charge is 2.32. The second kappa shape index (κ2) is 6.67. The van der Waals surface area contributed by atoms with E-state index < -0.39 is 5.97 Å². The third kappa shape index (κ3) is 7.34. The second-order valence-corrected chi connectivity index (χ2v) is 8.28. The summed E-state index contributed by atoms with van der Waals surface area (Å²) >= 11 is 0. The van der Waals surface area contributed by atoms with Gasteiger partial charge in [-0.05, 0) is 36.5 Å². The molecule has 0 aliphatic heterocycles. The van der Waals surface area contributed by atoms with Crippen LogP contribution in [0.1, 0.15) is 66.7 Å². The number of nitrogens with one attached hydrogen (secondary N) is 2. The Bertz CT molecular complexity index is 385. The Balaban J connectivity index is 2.50. The molecule has 5 nitrogen and oxygen atoms in total. The first-order valence-corrected chi connectivity index (χ1v) is 7.76. The molecular formula is C16H30N2O3. The number of aliphatic carboxylic acids is 1. The molecule has 2 atom stereocenters. The van der Waals surface area contributed by atoms with Gasteiger partial charge < -0.3 is 15.7 Å². The van der Waals surface area contributed by atoms with Gasteiger partial charge in [0, 0.05) is 12.1 Å². The number of carbonyl (C=O) groups is 2. The molecule has 0 heterocycles. The fourth-order valence-electron chi connectivity index (χ4n) is 3.10. The molecule has 0 spiro atoms. The van der Waals surface area contributed by atoms with Gasteiger partial charge in [-0.1, -0.05) is 34.6 Å². The quantitative estimate of drug-likeness (QED) is 0.729. The van der Waals surface area contributed by atoms with Gasteiger partial charge in [-0.25, -0.2) is 4.79 Å². The van der Waals surface area contributed by atoms with E-state index in [1.807, 2.05) is 20.8 Å². The van der Waals surface area contributed by atoms with Crippen molar-refractivity contribution in [3.63, 3.8) is 0 Å². The van der Waals surface area contributed by atoms with Gasteiger partial charge in [0.15, 0.2) is 0 Å². The van der Waals surface area contributed by atoms with E-state index in [1.54, 1.807) is 0 Å². The minimum Gasteiger partial charge on any atom is -0.481 e. The zero-order valence-electron chi connectivity index (χ0n) is 14.0. The maximum Gasteiger partial charge on any atom is 0.315 e. The van der Waals surface area contributed by atoms with Crippen molar-refractivity contribution in [3.8, 4) is 0 Å². The lowest BCUT2D eigenvalue weighted by atomic mass is 9.87. The molecule has 1 fully saturated rings. The number of hydrogen-bond acceptors (Lipinski definition) is 2. The Labute approximate surface area is 127 Å². The lowest BCUT2D eigenvalue weighted by Gasteiger charge is -2.26. The van der Waals surface area contributed by atoms with Crippen LogP contribution in [-0.2, 0) is 4.79 Å². The van der Waals surface area contributed by atoms with Gasteiger partial charge in [-0.2, -0.15) is 0 Å². The maximum atomic E-state index is 12.1. The van der Waals surface area contributed by atoms with Crippen LogP contribution in [0, 0.1) is 10.8 Å². The van der Waals surface area contributed by atoms with E-state index in [0.29, 0.717) is 6.42 Å². The smallest absolute Gasteiger partial charge is 0.315 e. The van der Waals surface area contributed by atoms with Gasteiger partial charge in [-0.15, -0.1) is 0 Å². The van der Waals surface area contributed by atoms with E-state index in [4.69, 9.17) is 5.11 Å². The molecule has 122 valence electrons. The predicted octanol–water partition coefficient (Wildman–Crippen LogP) is 3.14. The zero-order chi connectivity index (χ0) is 16.3. The summed E-state index contributed by atoms with van der Waals surface area (Å²) in [4.78, 5) is 23.0. The van der Waals surface area contributed by atoms with Crippen LogP contribution in [0.4, 0.5) is 4.79 Å². The summed E-state index contributed by atoms with van der Waals surface area (Å²) in [7, 11) is 0. The first-order chi connectivity index (χ1) is 9.47. The Morgan fingerprint density at radius 1 is 1.33 bits per heavy atom. The predicted molar refractivity (Wildman–Crippen MR) is 83.2 cm³/mol. The van der Waals surface area contributed by atoms with E-state index in [-0.39, 0.29) is 35.4 Å². The molecule has 0 aromatic carbocycles. The van der Waals surface area contributed by atoms with Crippen molar-refractivity contribution < 1.29 is 14.7 Å². The summed E-state index contributed by atoms with van der Waals surface area (Å²) in [5, 5.41) is 14.8. The highest BCUT2D eigenvalue weighted by molar-refractivity contribution is 5.76. The Morgan fingerprint density at radius 3 is 2.38 bits per heavy atom. The normalized spacial score (nSPS) is 22.6. The minimum absolute atomic E-state index is 0.0251. The van der Waals surface area contributed by atoms with Gasteiger partial charge in [0.05, 0.1) is 6.42 Å². The number of carboxylic acid groups (broad SMARTS) is 1. The molecule has 2 unspecified atom stereocenters. The van der Waals surface area contributed by atoms with Crippen molar-refractivity contribution >= 4 is 12.0 Å². The fourth-order valence-corrected chi connectivity index (χ4v) is 3.10. The summed E-state index contributed by atoms with van der Waals surface area (Å²) in [6, 6.07) is -0.384. The molecular weight excluding hydrogens is 268 g/mol. The number of carboxylic acids is 1. The van der Waals surface area contributed by atoms with Crippen molar-refractivity contribution in [1.82, 2.24) is 10.6 Å². The van der Waals surface area contributed by atoms with E-state index in [9.17, 15) is 9.59 Å². The molecule has 0 aromatic rings. The second-order valence-electron chi connectivity index (χ2n) is 8.28. The molecule has 1 saturated carbocycles. The average molecular weight is 298 g/mol. The molecule has 5 heteroatoms. The number of carbonyl (C=O) groups excluding carboxylic acids is 1. The third-order valence-corrected chi connectivity index (χ3v) is 3.92. The largest absolute Gasteiger partial charge is 0.481 e. The van der Waals surface area contributed by atoms with E-state index in [0.717, 1.165) is 19.3 Å². The van der Waals surface area contributed by atoms with Crippen molar-refractivity contribution in [2.45, 2.75) is 78.8 Å². The summed E-state index contributed by atoms with van der Waals surface area (Å²) in [6.07, 6.45) is 3.68. The number of urea groups is 1. The SMILES string of the molecule is CC(C)(C)CC(CC(=O)O)NC(=O)NC1CCC(C)(C)C1. The number of hydrogen-bond donors (Lipinski definition) is 3. The Kier molecular flexibility index (Phi) is 5.65. The highest BCUT2D eigenvalue weighted by Crippen LogP contribution is 2.36. The van der Waals surface area contributed by atoms with Gasteiger partial charge >= 0.3 is 12.0 Å². The topological polar surface area (TPSA) is 78.4 Å².